The maximum Gasteiger partial charge on any atom is 0.262 e. The molecule has 0 bridgehead atoms. The third-order valence-electron chi connectivity index (χ3n) is 3.67. The molecule has 1 aliphatic rings. The van der Waals surface area contributed by atoms with E-state index in [1.54, 1.807) is 31.1 Å². The molecule has 0 fully saturated rings. The van der Waals surface area contributed by atoms with E-state index < -0.39 is 6.10 Å². The summed E-state index contributed by atoms with van der Waals surface area (Å²) in [6, 6.07) is 7.22. The Kier molecular flexibility index (Phi) is 5.62. The van der Waals surface area contributed by atoms with Gasteiger partial charge in [0, 0.05) is 21.1 Å². The maximum atomic E-state index is 12.1. The van der Waals surface area contributed by atoms with Crippen molar-refractivity contribution in [2.24, 2.45) is 0 Å². The summed E-state index contributed by atoms with van der Waals surface area (Å²) in [6.07, 6.45) is -0.693. The lowest BCUT2D eigenvalue weighted by atomic mass is 10.1. The van der Waals surface area contributed by atoms with Gasteiger partial charge in [-0.3, -0.25) is 14.4 Å². The number of amides is 3. The number of rotatable bonds is 5. The first-order chi connectivity index (χ1) is 11.4. The van der Waals surface area contributed by atoms with Crippen LogP contribution in [-0.2, 0) is 14.4 Å². The number of para-hydroxylation sites is 2. The van der Waals surface area contributed by atoms with Gasteiger partial charge in [-0.05, 0) is 12.1 Å². The fourth-order valence-electron chi connectivity index (χ4n) is 2.32. The van der Waals surface area contributed by atoms with Gasteiger partial charge in [-0.2, -0.15) is 0 Å². The number of fused-ring (bicyclic) bond motifs is 1. The van der Waals surface area contributed by atoms with Crippen LogP contribution in [-0.4, -0.2) is 69.5 Å². The zero-order valence-corrected chi connectivity index (χ0v) is 14.0. The van der Waals surface area contributed by atoms with Crippen LogP contribution in [0.1, 0.15) is 0 Å². The van der Waals surface area contributed by atoms with Gasteiger partial charge in [0.25, 0.3) is 5.91 Å². The lowest BCUT2D eigenvalue weighted by Gasteiger charge is -2.35. The Bertz CT molecular complexity index is 632. The van der Waals surface area contributed by atoms with Crippen LogP contribution in [0.15, 0.2) is 24.3 Å². The van der Waals surface area contributed by atoms with Crippen LogP contribution in [0.5, 0.6) is 5.75 Å². The Morgan fingerprint density at radius 1 is 1.29 bits per heavy atom. The number of carbonyl (C=O) groups is 3. The summed E-state index contributed by atoms with van der Waals surface area (Å²) in [5.41, 5.74) is 0.742. The summed E-state index contributed by atoms with van der Waals surface area (Å²) in [5, 5.41) is 5.14. The molecule has 0 aromatic heterocycles. The number of hydrogen-bond acceptors (Lipinski definition) is 5. The first kappa shape index (κ1) is 17.6. The Morgan fingerprint density at radius 3 is 2.67 bits per heavy atom. The van der Waals surface area contributed by atoms with Gasteiger partial charge >= 0.3 is 0 Å². The lowest BCUT2D eigenvalue weighted by Crippen LogP contribution is -2.51. The number of nitrogens with one attached hydrogen (secondary N) is 2. The molecule has 0 unspecified atom stereocenters. The molecule has 1 heterocycles. The van der Waals surface area contributed by atoms with Gasteiger partial charge in [-0.25, -0.2) is 0 Å². The van der Waals surface area contributed by atoms with Crippen molar-refractivity contribution in [3.8, 4) is 5.75 Å². The largest absolute Gasteiger partial charge is 0.477 e. The number of likely N-dealkylation sites (N-methyl/N-ethyl adjacent to an activating group) is 2. The summed E-state index contributed by atoms with van der Waals surface area (Å²) in [7, 11) is 4.79. The molecule has 3 amide bonds. The number of anilines is 1. The summed E-state index contributed by atoms with van der Waals surface area (Å²) in [6.45, 7) is 0.233. The molecule has 8 heteroatoms. The average Bonchev–Trinajstić information content (AvgIpc) is 2.58. The van der Waals surface area contributed by atoms with E-state index in [1.807, 2.05) is 12.1 Å². The van der Waals surface area contributed by atoms with E-state index in [0.29, 0.717) is 5.75 Å². The zero-order valence-electron chi connectivity index (χ0n) is 14.0. The van der Waals surface area contributed by atoms with E-state index in [9.17, 15) is 14.4 Å². The molecule has 2 N–H and O–H groups in total. The minimum absolute atomic E-state index is 0.0363. The summed E-state index contributed by atoms with van der Waals surface area (Å²) in [5.74, 6) is -0.182. The number of hydrogen-bond donors (Lipinski definition) is 2. The van der Waals surface area contributed by atoms with Crippen molar-refractivity contribution < 1.29 is 19.1 Å². The summed E-state index contributed by atoms with van der Waals surface area (Å²) < 4.78 is 5.68. The van der Waals surface area contributed by atoms with Gasteiger partial charge in [-0.1, -0.05) is 12.1 Å². The van der Waals surface area contributed by atoms with Crippen LogP contribution in [0.25, 0.3) is 0 Å². The van der Waals surface area contributed by atoms with E-state index in [4.69, 9.17) is 4.74 Å². The molecule has 1 aromatic rings. The van der Waals surface area contributed by atoms with Gasteiger partial charge in [0.05, 0.1) is 25.3 Å². The quantitative estimate of drug-likeness (QED) is 0.736. The molecule has 8 nitrogen and oxygen atoms in total. The van der Waals surface area contributed by atoms with E-state index in [-0.39, 0.29) is 37.4 Å². The van der Waals surface area contributed by atoms with Crippen LogP contribution in [0.2, 0.25) is 0 Å². The second kappa shape index (κ2) is 7.67. The van der Waals surface area contributed by atoms with E-state index >= 15 is 0 Å². The molecule has 2 rings (SSSR count). The number of carbonyl (C=O) groups excluding carboxylic acids is 3. The lowest BCUT2D eigenvalue weighted by molar-refractivity contribution is -0.130. The molecule has 0 spiro atoms. The predicted octanol–water partition coefficient (Wildman–Crippen LogP) is -0.796. The molecule has 0 aliphatic carbocycles. The molecule has 0 radical (unpaired) electrons. The Balaban J connectivity index is 2.06. The van der Waals surface area contributed by atoms with Crippen molar-refractivity contribution in [2.75, 3.05) is 45.7 Å². The molecule has 130 valence electrons. The molecule has 1 aromatic carbocycles. The zero-order chi connectivity index (χ0) is 17.7. The highest BCUT2D eigenvalue weighted by molar-refractivity contribution is 5.88. The predicted molar refractivity (Wildman–Crippen MR) is 88.8 cm³/mol. The number of benzene rings is 1. The first-order valence-corrected chi connectivity index (χ1v) is 7.61. The van der Waals surface area contributed by atoms with E-state index in [0.717, 1.165) is 5.69 Å². The van der Waals surface area contributed by atoms with Crippen LogP contribution in [0, 0.1) is 0 Å². The molecule has 0 saturated carbocycles. The SMILES string of the molecule is CNC(=O)[C@H]1CN(CC(=O)NCC(=O)N(C)C)c2ccccc2O1. The average molecular weight is 334 g/mol. The van der Waals surface area contributed by atoms with Crippen molar-refractivity contribution >= 4 is 23.4 Å². The van der Waals surface area contributed by atoms with Gasteiger partial charge in [0.1, 0.15) is 5.75 Å². The van der Waals surface area contributed by atoms with Crippen molar-refractivity contribution in [2.45, 2.75) is 6.10 Å². The van der Waals surface area contributed by atoms with Crippen molar-refractivity contribution in [3.05, 3.63) is 24.3 Å². The summed E-state index contributed by atoms with van der Waals surface area (Å²) in [4.78, 5) is 38.7. The molecule has 1 atom stereocenters. The van der Waals surface area contributed by atoms with Crippen molar-refractivity contribution in [1.29, 1.82) is 0 Å². The Hall–Kier alpha value is -2.77. The minimum Gasteiger partial charge on any atom is -0.477 e. The monoisotopic (exact) mass is 334 g/mol. The highest BCUT2D eigenvalue weighted by Gasteiger charge is 2.30. The van der Waals surface area contributed by atoms with Crippen molar-refractivity contribution in [3.63, 3.8) is 0 Å². The van der Waals surface area contributed by atoms with E-state index in [2.05, 4.69) is 10.6 Å². The molecule has 0 saturated heterocycles. The topological polar surface area (TPSA) is 91.0 Å². The van der Waals surface area contributed by atoms with Crippen LogP contribution >= 0.6 is 0 Å². The number of nitrogens with zero attached hydrogens (tertiary/aromatic N) is 2. The number of ether oxygens (including phenoxy) is 1. The molecule has 1 aliphatic heterocycles. The standard InChI is InChI=1S/C16H22N4O4/c1-17-16(23)13-9-20(11-6-4-5-7-12(11)24-13)10-14(21)18-8-15(22)19(2)3/h4-7,13H,8-10H2,1-3H3,(H,17,23)(H,18,21)/t13-/m1/s1. The van der Waals surface area contributed by atoms with Crippen LogP contribution in [0.4, 0.5) is 5.69 Å². The fraction of sp³-hybridized carbons (Fsp3) is 0.438. The highest BCUT2D eigenvalue weighted by atomic mass is 16.5. The third kappa shape index (κ3) is 4.15. The third-order valence-corrected chi connectivity index (χ3v) is 3.67. The van der Waals surface area contributed by atoms with Gasteiger partial charge in [0.2, 0.25) is 11.8 Å². The normalized spacial score (nSPS) is 15.8. The minimum atomic E-state index is -0.693. The van der Waals surface area contributed by atoms with Gasteiger partial charge < -0.3 is 25.2 Å². The molecular formula is C16H22N4O4. The summed E-state index contributed by atoms with van der Waals surface area (Å²) >= 11 is 0. The molecule has 24 heavy (non-hydrogen) atoms. The van der Waals surface area contributed by atoms with Crippen molar-refractivity contribution in [1.82, 2.24) is 15.5 Å². The van der Waals surface area contributed by atoms with Gasteiger partial charge in [-0.15, -0.1) is 0 Å². The fourth-order valence-corrected chi connectivity index (χ4v) is 2.32. The second-order valence-corrected chi connectivity index (χ2v) is 5.63. The van der Waals surface area contributed by atoms with Crippen LogP contribution < -0.4 is 20.3 Å². The maximum absolute atomic E-state index is 12.1. The van der Waals surface area contributed by atoms with E-state index in [1.165, 1.54) is 11.9 Å². The highest BCUT2D eigenvalue weighted by Crippen LogP contribution is 2.32. The second-order valence-electron chi connectivity index (χ2n) is 5.63. The van der Waals surface area contributed by atoms with Gasteiger partial charge in [0.15, 0.2) is 6.10 Å². The Labute approximate surface area is 140 Å². The first-order valence-electron chi connectivity index (χ1n) is 7.61. The smallest absolute Gasteiger partial charge is 0.262 e. The Morgan fingerprint density at radius 2 is 2.00 bits per heavy atom. The molecular weight excluding hydrogens is 312 g/mol. The van der Waals surface area contributed by atoms with Crippen LogP contribution in [0.3, 0.4) is 0 Å².